The van der Waals surface area contributed by atoms with Gasteiger partial charge in [-0.05, 0) is 43.2 Å². The maximum Gasteiger partial charge on any atom is 0.144 e. The van der Waals surface area contributed by atoms with Gasteiger partial charge in [-0.3, -0.25) is 0 Å². The van der Waals surface area contributed by atoms with Gasteiger partial charge in [0.15, 0.2) is 0 Å². The molecule has 0 amide bonds. The van der Waals surface area contributed by atoms with E-state index in [9.17, 15) is 4.39 Å². The fourth-order valence-corrected chi connectivity index (χ4v) is 2.25. The van der Waals surface area contributed by atoms with Crippen molar-refractivity contribution in [3.05, 3.63) is 50.7 Å². The smallest absolute Gasteiger partial charge is 0.144 e. The number of rotatable bonds is 2. The van der Waals surface area contributed by atoms with Gasteiger partial charge in [0.2, 0.25) is 0 Å². The van der Waals surface area contributed by atoms with Crippen molar-refractivity contribution in [1.82, 2.24) is 0 Å². The molecule has 2 aromatic rings. The van der Waals surface area contributed by atoms with Crippen LogP contribution < -0.4 is 11.1 Å². The summed E-state index contributed by atoms with van der Waals surface area (Å²) >= 11 is 9.18. The van der Waals surface area contributed by atoms with Crippen LogP contribution in [-0.2, 0) is 0 Å². The molecule has 0 fully saturated rings. The third-order valence-electron chi connectivity index (χ3n) is 2.81. The molecule has 0 aliphatic rings. The van der Waals surface area contributed by atoms with Crippen LogP contribution in [0.3, 0.4) is 0 Å². The Hall–Kier alpha value is -1.26. The first-order chi connectivity index (χ1) is 8.88. The summed E-state index contributed by atoms with van der Waals surface area (Å²) in [6.45, 7) is 3.99. The van der Waals surface area contributed by atoms with Gasteiger partial charge in [0.05, 0.1) is 16.4 Å². The average molecular weight is 344 g/mol. The van der Waals surface area contributed by atoms with Gasteiger partial charge in [-0.1, -0.05) is 27.5 Å². The number of halogens is 3. The number of nitrogens with one attached hydrogen (secondary N) is 1. The highest BCUT2D eigenvalue weighted by molar-refractivity contribution is 9.10. The number of nitrogen functional groups attached to an aromatic ring is 1. The molecule has 2 rings (SSSR count). The predicted octanol–water partition coefficient (Wildman–Crippen LogP) is 5.18. The van der Waals surface area contributed by atoms with Gasteiger partial charge in [0.1, 0.15) is 5.82 Å². The fraction of sp³-hybridized carbons (Fsp3) is 0.143. The Morgan fingerprint density at radius 1 is 1.16 bits per heavy atom. The largest absolute Gasteiger partial charge is 0.397 e. The number of aryl methyl sites for hydroxylation is 2. The molecule has 0 aromatic heterocycles. The molecule has 0 heterocycles. The van der Waals surface area contributed by atoms with Crippen molar-refractivity contribution in [1.29, 1.82) is 0 Å². The van der Waals surface area contributed by atoms with Gasteiger partial charge in [-0.15, -0.1) is 0 Å². The molecule has 0 atom stereocenters. The normalized spacial score (nSPS) is 10.6. The number of anilines is 3. The summed E-state index contributed by atoms with van der Waals surface area (Å²) in [4.78, 5) is 0. The highest BCUT2D eigenvalue weighted by atomic mass is 79.9. The molecule has 19 heavy (non-hydrogen) atoms. The van der Waals surface area contributed by atoms with E-state index >= 15 is 0 Å². The van der Waals surface area contributed by atoms with Gasteiger partial charge in [0.25, 0.3) is 0 Å². The number of hydrogen-bond acceptors (Lipinski definition) is 2. The summed E-state index contributed by atoms with van der Waals surface area (Å²) in [6, 6.07) is 6.62. The van der Waals surface area contributed by atoms with Crippen LogP contribution in [0.25, 0.3) is 0 Å². The van der Waals surface area contributed by atoms with Crippen molar-refractivity contribution in [2.45, 2.75) is 13.8 Å². The molecule has 2 aromatic carbocycles. The molecule has 0 aliphatic heterocycles. The summed E-state index contributed by atoms with van der Waals surface area (Å²) in [5.74, 6) is -0.496. The molecular formula is C14H13BrClFN2. The van der Waals surface area contributed by atoms with Crippen LogP contribution in [-0.4, -0.2) is 0 Å². The molecule has 0 spiro atoms. The van der Waals surface area contributed by atoms with Crippen LogP contribution in [0.5, 0.6) is 0 Å². The Morgan fingerprint density at radius 3 is 2.32 bits per heavy atom. The zero-order valence-corrected chi connectivity index (χ0v) is 12.9. The predicted molar refractivity (Wildman–Crippen MR) is 82.7 cm³/mol. The molecule has 2 nitrogen and oxygen atoms in total. The summed E-state index contributed by atoms with van der Waals surface area (Å²) < 4.78 is 14.5. The maximum atomic E-state index is 13.4. The monoisotopic (exact) mass is 342 g/mol. The lowest BCUT2D eigenvalue weighted by Gasteiger charge is -2.13. The Kier molecular flexibility index (Phi) is 4.02. The van der Waals surface area contributed by atoms with Crippen molar-refractivity contribution in [2.24, 2.45) is 0 Å². The number of nitrogens with two attached hydrogens (primary N) is 1. The molecule has 0 radical (unpaired) electrons. The Bertz CT molecular complexity index is 621. The standard InChI is InChI=1S/C14H13BrClFN2/c1-7-3-9(4-8(2)14(7)15)19-13-6-11(17)10(16)5-12(13)18/h3-6,19H,18H2,1-2H3. The summed E-state index contributed by atoms with van der Waals surface area (Å²) in [6.07, 6.45) is 0. The first-order valence-corrected chi connectivity index (χ1v) is 6.84. The molecule has 0 saturated heterocycles. The van der Waals surface area contributed by atoms with Gasteiger partial charge < -0.3 is 11.1 Å². The molecule has 0 saturated carbocycles. The maximum absolute atomic E-state index is 13.4. The van der Waals surface area contributed by atoms with Crippen molar-refractivity contribution >= 4 is 44.6 Å². The van der Waals surface area contributed by atoms with Crippen LogP contribution in [0.4, 0.5) is 21.5 Å². The lowest BCUT2D eigenvalue weighted by molar-refractivity contribution is 0.629. The Labute approximate surface area is 124 Å². The van der Waals surface area contributed by atoms with E-state index in [0.717, 1.165) is 21.3 Å². The summed E-state index contributed by atoms with van der Waals surface area (Å²) in [7, 11) is 0. The molecule has 0 bridgehead atoms. The lowest BCUT2D eigenvalue weighted by Crippen LogP contribution is -1.98. The quantitative estimate of drug-likeness (QED) is 0.737. The van der Waals surface area contributed by atoms with Crippen molar-refractivity contribution in [3.63, 3.8) is 0 Å². The van der Waals surface area contributed by atoms with E-state index in [0.29, 0.717) is 11.4 Å². The second kappa shape index (κ2) is 5.39. The van der Waals surface area contributed by atoms with E-state index in [1.807, 2.05) is 26.0 Å². The first kappa shape index (κ1) is 14.2. The lowest BCUT2D eigenvalue weighted by atomic mass is 10.1. The van der Waals surface area contributed by atoms with Crippen LogP contribution in [0, 0.1) is 19.7 Å². The van der Waals surface area contributed by atoms with Gasteiger partial charge >= 0.3 is 0 Å². The summed E-state index contributed by atoms with van der Waals surface area (Å²) in [5.41, 5.74) is 9.77. The van der Waals surface area contributed by atoms with E-state index in [-0.39, 0.29) is 5.02 Å². The van der Waals surface area contributed by atoms with Crippen LogP contribution >= 0.6 is 27.5 Å². The van der Waals surface area contributed by atoms with Crippen LogP contribution in [0.2, 0.25) is 5.02 Å². The van der Waals surface area contributed by atoms with Crippen LogP contribution in [0.1, 0.15) is 11.1 Å². The van der Waals surface area contributed by atoms with Gasteiger partial charge in [-0.2, -0.15) is 0 Å². The van der Waals surface area contributed by atoms with E-state index in [2.05, 4.69) is 21.2 Å². The van der Waals surface area contributed by atoms with E-state index in [4.69, 9.17) is 17.3 Å². The minimum absolute atomic E-state index is 0.0196. The fourth-order valence-electron chi connectivity index (χ4n) is 1.84. The number of hydrogen-bond donors (Lipinski definition) is 2. The van der Waals surface area contributed by atoms with Crippen molar-refractivity contribution < 1.29 is 4.39 Å². The molecule has 0 aliphatic carbocycles. The molecule has 3 N–H and O–H groups in total. The summed E-state index contributed by atoms with van der Waals surface area (Å²) in [5, 5.41) is 3.12. The van der Waals surface area contributed by atoms with Crippen LogP contribution in [0.15, 0.2) is 28.7 Å². The van der Waals surface area contributed by atoms with E-state index in [1.165, 1.54) is 12.1 Å². The topological polar surface area (TPSA) is 38.0 Å². The number of benzene rings is 2. The molecule has 0 unspecified atom stereocenters. The minimum Gasteiger partial charge on any atom is -0.397 e. The highest BCUT2D eigenvalue weighted by Gasteiger charge is 2.08. The zero-order valence-electron chi connectivity index (χ0n) is 10.5. The molecular weight excluding hydrogens is 331 g/mol. The third kappa shape index (κ3) is 3.01. The minimum atomic E-state index is -0.496. The Balaban J connectivity index is 2.39. The Morgan fingerprint density at radius 2 is 1.74 bits per heavy atom. The molecule has 5 heteroatoms. The highest BCUT2D eigenvalue weighted by Crippen LogP contribution is 2.31. The van der Waals surface area contributed by atoms with Gasteiger partial charge in [0, 0.05) is 16.2 Å². The second-order valence-electron chi connectivity index (χ2n) is 4.40. The van der Waals surface area contributed by atoms with Crippen molar-refractivity contribution in [2.75, 3.05) is 11.1 Å². The van der Waals surface area contributed by atoms with E-state index < -0.39 is 5.82 Å². The molecule has 100 valence electrons. The van der Waals surface area contributed by atoms with Gasteiger partial charge in [-0.25, -0.2) is 4.39 Å². The third-order valence-corrected chi connectivity index (χ3v) is 4.35. The first-order valence-electron chi connectivity index (χ1n) is 5.67. The SMILES string of the molecule is Cc1cc(Nc2cc(F)c(Cl)cc2N)cc(C)c1Br. The van der Waals surface area contributed by atoms with E-state index in [1.54, 1.807) is 0 Å². The zero-order chi connectivity index (χ0) is 14.2. The van der Waals surface area contributed by atoms with Crippen molar-refractivity contribution in [3.8, 4) is 0 Å². The average Bonchev–Trinajstić information content (AvgIpc) is 2.33. The second-order valence-corrected chi connectivity index (χ2v) is 5.60.